The second kappa shape index (κ2) is 3.56. The van der Waals surface area contributed by atoms with Crippen molar-refractivity contribution >= 4 is 22.3 Å². The maximum Gasteiger partial charge on any atom is 0.321 e. The van der Waals surface area contributed by atoms with Gasteiger partial charge in [-0.15, -0.1) is 0 Å². The number of sulfone groups is 1. The Balaban J connectivity index is 2.61. The van der Waals surface area contributed by atoms with Crippen LogP contribution in [-0.4, -0.2) is 37.9 Å². The number of hydrogen-bond acceptors (Lipinski definition) is 4. The molecule has 0 aromatic rings. The van der Waals surface area contributed by atoms with Gasteiger partial charge < -0.3 is 5.32 Å². The van der Waals surface area contributed by atoms with Crippen LogP contribution >= 0.6 is 0 Å². The Bertz CT molecular complexity index is 351. The van der Waals surface area contributed by atoms with Gasteiger partial charge in [-0.3, -0.25) is 10.1 Å². The maximum absolute atomic E-state index is 11.1. The van der Waals surface area contributed by atoms with E-state index in [1.54, 1.807) is 6.92 Å². The van der Waals surface area contributed by atoms with Gasteiger partial charge >= 0.3 is 6.03 Å². The van der Waals surface area contributed by atoms with Crippen LogP contribution in [-0.2, 0) is 14.6 Å². The molecule has 7 heteroatoms. The van der Waals surface area contributed by atoms with Crippen LogP contribution in [0.1, 0.15) is 13.3 Å². The molecule has 2 N–H and O–H groups in total. The number of carbonyl (C=O) groups excluding carboxylic acids is 2. The zero-order valence-electron chi connectivity index (χ0n) is 7.74. The Morgan fingerprint density at radius 3 is 2.57 bits per heavy atom. The summed E-state index contributed by atoms with van der Waals surface area (Å²) in [4.78, 5) is 20.9. The molecule has 0 bridgehead atoms. The Labute approximate surface area is 82.0 Å². The molecule has 6 nitrogen and oxygen atoms in total. The second-order valence-corrected chi connectivity index (χ2v) is 5.80. The van der Waals surface area contributed by atoms with Crippen molar-refractivity contribution in [1.82, 2.24) is 10.6 Å². The Morgan fingerprint density at radius 2 is 2.14 bits per heavy atom. The lowest BCUT2D eigenvalue weighted by molar-refractivity contribution is -0.108. The quantitative estimate of drug-likeness (QED) is 0.585. The van der Waals surface area contributed by atoms with Gasteiger partial charge in [0.2, 0.25) is 6.41 Å². The normalized spacial score (nSPS) is 29.5. The lowest BCUT2D eigenvalue weighted by atomic mass is 10.0. The van der Waals surface area contributed by atoms with E-state index in [9.17, 15) is 18.0 Å². The molecule has 1 heterocycles. The standard InChI is InChI=1S/C7H12N2O4S/c1-7(9-6(11)8-5-10)2-3-14(12,13)4-7/h5H,2-4H2,1H3,(H2,8,9,10,11). The van der Waals surface area contributed by atoms with Crippen LogP contribution < -0.4 is 10.6 Å². The highest BCUT2D eigenvalue weighted by Crippen LogP contribution is 2.22. The van der Waals surface area contributed by atoms with Crippen LogP contribution in [0.4, 0.5) is 4.79 Å². The van der Waals surface area contributed by atoms with Gasteiger partial charge in [-0.2, -0.15) is 0 Å². The van der Waals surface area contributed by atoms with E-state index < -0.39 is 21.4 Å². The molecular weight excluding hydrogens is 208 g/mol. The van der Waals surface area contributed by atoms with Crippen molar-refractivity contribution < 1.29 is 18.0 Å². The molecule has 0 aromatic carbocycles. The largest absolute Gasteiger partial charge is 0.332 e. The summed E-state index contributed by atoms with van der Waals surface area (Å²) in [6.45, 7) is 1.64. The minimum absolute atomic E-state index is 0.0743. The van der Waals surface area contributed by atoms with E-state index in [-0.39, 0.29) is 17.9 Å². The van der Waals surface area contributed by atoms with Gasteiger partial charge in [-0.25, -0.2) is 13.2 Å². The first-order valence-electron chi connectivity index (χ1n) is 4.10. The maximum atomic E-state index is 11.1. The molecular formula is C7H12N2O4S. The highest BCUT2D eigenvalue weighted by Gasteiger charge is 2.39. The first kappa shape index (κ1) is 11.0. The van der Waals surface area contributed by atoms with Crippen molar-refractivity contribution in [3.05, 3.63) is 0 Å². The fourth-order valence-electron chi connectivity index (χ4n) is 1.47. The number of nitrogens with one attached hydrogen (secondary N) is 2. The van der Waals surface area contributed by atoms with Gasteiger partial charge in [0.1, 0.15) is 0 Å². The number of rotatable bonds is 2. The monoisotopic (exact) mass is 220 g/mol. The molecule has 1 atom stereocenters. The van der Waals surface area contributed by atoms with Crippen molar-refractivity contribution in [2.75, 3.05) is 11.5 Å². The van der Waals surface area contributed by atoms with Gasteiger partial charge in [0.15, 0.2) is 9.84 Å². The molecule has 0 radical (unpaired) electrons. The molecule has 1 fully saturated rings. The third-order valence-corrected chi connectivity index (χ3v) is 4.01. The van der Waals surface area contributed by atoms with Crippen molar-refractivity contribution in [1.29, 1.82) is 0 Å². The van der Waals surface area contributed by atoms with E-state index in [1.807, 2.05) is 5.32 Å². The first-order valence-corrected chi connectivity index (χ1v) is 5.92. The topological polar surface area (TPSA) is 92.3 Å². The fourth-order valence-corrected chi connectivity index (χ4v) is 3.57. The van der Waals surface area contributed by atoms with Crippen molar-refractivity contribution in [3.63, 3.8) is 0 Å². The summed E-state index contributed by atoms with van der Waals surface area (Å²) < 4.78 is 22.3. The molecule has 0 aromatic heterocycles. The predicted octanol–water partition coefficient (Wildman–Crippen LogP) is -0.981. The second-order valence-electron chi connectivity index (χ2n) is 3.62. The first-order chi connectivity index (χ1) is 6.37. The molecule has 3 amide bonds. The van der Waals surface area contributed by atoms with Crippen molar-refractivity contribution in [2.24, 2.45) is 0 Å². The van der Waals surface area contributed by atoms with Crippen LogP contribution in [0.25, 0.3) is 0 Å². The van der Waals surface area contributed by atoms with Gasteiger partial charge in [0.25, 0.3) is 0 Å². The number of urea groups is 1. The lowest BCUT2D eigenvalue weighted by Gasteiger charge is -2.22. The number of amides is 3. The molecule has 1 unspecified atom stereocenters. The summed E-state index contributed by atoms with van der Waals surface area (Å²) in [5.74, 6) is -0.00283. The lowest BCUT2D eigenvalue weighted by Crippen LogP contribution is -2.50. The summed E-state index contributed by atoms with van der Waals surface area (Å²) in [5.41, 5.74) is -0.758. The molecule has 14 heavy (non-hydrogen) atoms. The molecule has 80 valence electrons. The Kier molecular flexibility index (Phi) is 2.79. The molecule has 1 saturated heterocycles. The molecule has 1 aliphatic heterocycles. The molecule has 0 aliphatic carbocycles. The van der Waals surface area contributed by atoms with E-state index in [2.05, 4.69) is 5.32 Å². The van der Waals surface area contributed by atoms with Gasteiger partial charge in [-0.05, 0) is 13.3 Å². The van der Waals surface area contributed by atoms with Crippen LogP contribution in [0.5, 0.6) is 0 Å². The summed E-state index contributed by atoms with van der Waals surface area (Å²) in [7, 11) is -3.05. The minimum Gasteiger partial charge on any atom is -0.332 e. The predicted molar refractivity (Wildman–Crippen MR) is 49.4 cm³/mol. The molecule has 0 spiro atoms. The summed E-state index contributed by atoms with van der Waals surface area (Å²) >= 11 is 0. The molecule has 0 saturated carbocycles. The average molecular weight is 220 g/mol. The highest BCUT2D eigenvalue weighted by atomic mass is 32.2. The van der Waals surface area contributed by atoms with E-state index in [4.69, 9.17) is 0 Å². The highest BCUT2D eigenvalue weighted by molar-refractivity contribution is 7.91. The zero-order valence-corrected chi connectivity index (χ0v) is 8.56. The van der Waals surface area contributed by atoms with Gasteiger partial charge in [0, 0.05) is 0 Å². The third-order valence-electron chi connectivity index (χ3n) is 2.11. The van der Waals surface area contributed by atoms with Crippen LogP contribution in [0.2, 0.25) is 0 Å². The average Bonchev–Trinajstić information content (AvgIpc) is 2.25. The van der Waals surface area contributed by atoms with Crippen molar-refractivity contribution in [2.45, 2.75) is 18.9 Å². The molecule has 1 rings (SSSR count). The van der Waals surface area contributed by atoms with Gasteiger partial charge in [0.05, 0.1) is 17.0 Å². The van der Waals surface area contributed by atoms with Crippen LogP contribution in [0, 0.1) is 0 Å². The fraction of sp³-hybridized carbons (Fsp3) is 0.714. The van der Waals surface area contributed by atoms with Gasteiger partial charge in [-0.1, -0.05) is 0 Å². The van der Waals surface area contributed by atoms with Crippen LogP contribution in [0.3, 0.4) is 0 Å². The number of imide groups is 1. The Morgan fingerprint density at radius 1 is 1.50 bits per heavy atom. The SMILES string of the molecule is CC1(NC(=O)NC=O)CCS(=O)(=O)C1. The third kappa shape index (κ3) is 2.69. The van der Waals surface area contributed by atoms with Crippen molar-refractivity contribution in [3.8, 4) is 0 Å². The van der Waals surface area contributed by atoms with E-state index in [0.717, 1.165) is 0 Å². The smallest absolute Gasteiger partial charge is 0.321 e. The molecule has 1 aliphatic rings. The van der Waals surface area contributed by atoms with E-state index in [1.165, 1.54) is 0 Å². The summed E-state index contributed by atoms with van der Waals surface area (Å²) in [6.07, 6.45) is 0.629. The van der Waals surface area contributed by atoms with Crippen LogP contribution in [0.15, 0.2) is 0 Å². The zero-order chi connectivity index (χ0) is 10.8. The minimum atomic E-state index is -3.05. The number of hydrogen-bond donors (Lipinski definition) is 2. The Hall–Kier alpha value is -1.11. The number of carbonyl (C=O) groups is 2. The van der Waals surface area contributed by atoms with E-state index in [0.29, 0.717) is 6.42 Å². The summed E-state index contributed by atoms with van der Waals surface area (Å²) in [6, 6.07) is -0.667. The summed E-state index contributed by atoms with van der Waals surface area (Å²) in [5, 5.41) is 4.35. The van der Waals surface area contributed by atoms with E-state index >= 15 is 0 Å².